The van der Waals surface area contributed by atoms with Crippen molar-refractivity contribution in [1.82, 2.24) is 10.2 Å². The largest absolute Gasteiger partial charge is 0.377 e. The summed E-state index contributed by atoms with van der Waals surface area (Å²) >= 11 is 0. The minimum atomic E-state index is 0.426. The van der Waals surface area contributed by atoms with Gasteiger partial charge in [0.2, 0.25) is 0 Å². The molecule has 1 saturated heterocycles. The number of rotatable bonds is 7. The molecular weight excluding hydrogens is 248 g/mol. The van der Waals surface area contributed by atoms with Gasteiger partial charge in [0.25, 0.3) is 0 Å². The van der Waals surface area contributed by atoms with E-state index in [0.29, 0.717) is 6.10 Å². The maximum Gasteiger partial charge on any atom is 0.0702 e. The molecule has 2 rings (SSSR count). The average molecular weight is 276 g/mol. The molecule has 0 amide bonds. The lowest BCUT2D eigenvalue weighted by atomic mass is 10.0. The fourth-order valence-corrected chi connectivity index (χ4v) is 2.91. The zero-order chi connectivity index (χ0) is 14.2. The van der Waals surface area contributed by atoms with Gasteiger partial charge >= 0.3 is 0 Å². The molecule has 3 heteroatoms. The normalized spacial score (nSPS) is 20.2. The summed E-state index contributed by atoms with van der Waals surface area (Å²) in [5, 5.41) is 3.43. The van der Waals surface area contributed by atoms with E-state index in [-0.39, 0.29) is 0 Å². The Kier molecular flexibility index (Phi) is 6.51. The minimum absolute atomic E-state index is 0.426. The SMILES string of the molecule is CCNCc1ccccc1CN1CCCC(OCC)C1. The van der Waals surface area contributed by atoms with Crippen LogP contribution in [0, 0.1) is 0 Å². The van der Waals surface area contributed by atoms with E-state index >= 15 is 0 Å². The van der Waals surface area contributed by atoms with Gasteiger partial charge in [-0.1, -0.05) is 31.2 Å². The number of likely N-dealkylation sites (tertiary alicyclic amines) is 1. The van der Waals surface area contributed by atoms with E-state index in [1.54, 1.807) is 0 Å². The van der Waals surface area contributed by atoms with Gasteiger partial charge in [0.1, 0.15) is 0 Å². The Morgan fingerprint density at radius 2 is 2.05 bits per heavy atom. The van der Waals surface area contributed by atoms with Crippen LogP contribution in [0.25, 0.3) is 0 Å². The lowest BCUT2D eigenvalue weighted by Gasteiger charge is -2.33. The second-order valence-electron chi connectivity index (χ2n) is 5.50. The molecule has 1 aliphatic heterocycles. The second-order valence-corrected chi connectivity index (χ2v) is 5.50. The molecule has 112 valence electrons. The lowest BCUT2D eigenvalue weighted by Crippen LogP contribution is -2.39. The maximum absolute atomic E-state index is 5.79. The van der Waals surface area contributed by atoms with Crippen LogP contribution in [0.5, 0.6) is 0 Å². The number of nitrogens with zero attached hydrogens (tertiary/aromatic N) is 1. The maximum atomic E-state index is 5.79. The van der Waals surface area contributed by atoms with E-state index in [1.165, 1.54) is 30.5 Å². The highest BCUT2D eigenvalue weighted by Gasteiger charge is 2.20. The first kappa shape index (κ1) is 15.5. The number of hydrogen-bond donors (Lipinski definition) is 1. The second kappa shape index (κ2) is 8.40. The first-order valence-electron chi connectivity index (χ1n) is 7.95. The van der Waals surface area contributed by atoms with Crippen molar-refractivity contribution in [1.29, 1.82) is 0 Å². The topological polar surface area (TPSA) is 24.5 Å². The van der Waals surface area contributed by atoms with Gasteiger partial charge in [-0.05, 0) is 44.0 Å². The van der Waals surface area contributed by atoms with Crippen LogP contribution in [0.15, 0.2) is 24.3 Å². The standard InChI is InChI=1S/C17H28N2O/c1-3-18-12-15-8-5-6-9-16(15)13-19-11-7-10-17(14-19)20-4-2/h5-6,8-9,17-18H,3-4,7,10-14H2,1-2H3. The third kappa shape index (κ3) is 4.58. The summed E-state index contributed by atoms with van der Waals surface area (Å²) in [6.07, 6.45) is 2.89. The Morgan fingerprint density at radius 1 is 1.25 bits per heavy atom. The highest BCUT2D eigenvalue weighted by Crippen LogP contribution is 2.18. The molecule has 0 radical (unpaired) electrons. The van der Waals surface area contributed by atoms with Crippen molar-refractivity contribution >= 4 is 0 Å². The molecule has 0 aromatic heterocycles. The number of ether oxygens (including phenoxy) is 1. The Bertz CT molecular complexity index is 392. The van der Waals surface area contributed by atoms with Gasteiger partial charge < -0.3 is 10.1 Å². The molecule has 0 bridgehead atoms. The van der Waals surface area contributed by atoms with Crippen molar-refractivity contribution in [3.05, 3.63) is 35.4 Å². The van der Waals surface area contributed by atoms with Gasteiger partial charge in [0, 0.05) is 26.2 Å². The number of piperidine rings is 1. The molecule has 1 aliphatic rings. The number of benzene rings is 1. The van der Waals surface area contributed by atoms with Crippen molar-refractivity contribution in [2.45, 2.75) is 45.9 Å². The van der Waals surface area contributed by atoms with Gasteiger partial charge in [-0.25, -0.2) is 0 Å². The van der Waals surface area contributed by atoms with Gasteiger partial charge in [0.15, 0.2) is 0 Å². The van der Waals surface area contributed by atoms with Crippen LogP contribution in [0.4, 0.5) is 0 Å². The molecule has 0 saturated carbocycles. The van der Waals surface area contributed by atoms with E-state index in [4.69, 9.17) is 4.74 Å². The molecule has 1 N–H and O–H groups in total. The van der Waals surface area contributed by atoms with Crippen LogP contribution in [-0.2, 0) is 17.8 Å². The Labute approximate surface area is 123 Å². The van der Waals surface area contributed by atoms with E-state index in [1.807, 2.05) is 0 Å². The average Bonchev–Trinajstić information content (AvgIpc) is 2.47. The Balaban J connectivity index is 1.94. The highest BCUT2D eigenvalue weighted by molar-refractivity contribution is 5.27. The van der Waals surface area contributed by atoms with Gasteiger partial charge in [-0.2, -0.15) is 0 Å². The quantitative estimate of drug-likeness (QED) is 0.829. The smallest absolute Gasteiger partial charge is 0.0702 e. The summed E-state index contributed by atoms with van der Waals surface area (Å²) in [5.41, 5.74) is 2.87. The first-order valence-corrected chi connectivity index (χ1v) is 7.95. The summed E-state index contributed by atoms with van der Waals surface area (Å²) in [6, 6.07) is 8.78. The fourth-order valence-electron chi connectivity index (χ4n) is 2.91. The third-order valence-electron chi connectivity index (χ3n) is 3.94. The van der Waals surface area contributed by atoms with Crippen LogP contribution in [0.1, 0.15) is 37.8 Å². The molecule has 1 unspecified atom stereocenters. The van der Waals surface area contributed by atoms with Gasteiger partial charge in [-0.3, -0.25) is 4.90 Å². The van der Waals surface area contributed by atoms with Crippen LogP contribution in [0.3, 0.4) is 0 Å². The van der Waals surface area contributed by atoms with E-state index in [2.05, 4.69) is 48.3 Å². The molecule has 1 aromatic rings. The monoisotopic (exact) mass is 276 g/mol. The van der Waals surface area contributed by atoms with Crippen LogP contribution in [0.2, 0.25) is 0 Å². The van der Waals surface area contributed by atoms with Crippen molar-refractivity contribution in [3.8, 4) is 0 Å². The van der Waals surface area contributed by atoms with Crippen molar-refractivity contribution in [3.63, 3.8) is 0 Å². The molecule has 1 aromatic carbocycles. The van der Waals surface area contributed by atoms with E-state index < -0.39 is 0 Å². The molecule has 3 nitrogen and oxygen atoms in total. The Hall–Kier alpha value is -0.900. The first-order chi connectivity index (χ1) is 9.83. The van der Waals surface area contributed by atoms with E-state index in [9.17, 15) is 0 Å². The summed E-state index contributed by atoms with van der Waals surface area (Å²) in [5.74, 6) is 0. The number of hydrogen-bond acceptors (Lipinski definition) is 3. The zero-order valence-electron chi connectivity index (χ0n) is 12.9. The molecule has 20 heavy (non-hydrogen) atoms. The lowest BCUT2D eigenvalue weighted by molar-refractivity contribution is 0.00356. The van der Waals surface area contributed by atoms with Crippen LogP contribution < -0.4 is 5.32 Å². The fraction of sp³-hybridized carbons (Fsp3) is 0.647. The summed E-state index contributed by atoms with van der Waals surface area (Å²) in [7, 11) is 0. The summed E-state index contributed by atoms with van der Waals surface area (Å²) in [4.78, 5) is 2.54. The molecule has 1 fully saturated rings. The van der Waals surface area contributed by atoms with Crippen molar-refractivity contribution in [2.75, 3.05) is 26.2 Å². The van der Waals surface area contributed by atoms with E-state index in [0.717, 1.165) is 32.8 Å². The predicted molar refractivity (Wildman–Crippen MR) is 83.7 cm³/mol. The molecule has 0 spiro atoms. The zero-order valence-corrected chi connectivity index (χ0v) is 12.9. The summed E-state index contributed by atoms with van der Waals surface area (Å²) < 4.78 is 5.79. The number of nitrogens with one attached hydrogen (secondary N) is 1. The molecule has 0 aliphatic carbocycles. The van der Waals surface area contributed by atoms with Crippen molar-refractivity contribution in [2.24, 2.45) is 0 Å². The van der Waals surface area contributed by atoms with Gasteiger partial charge in [-0.15, -0.1) is 0 Å². The third-order valence-corrected chi connectivity index (χ3v) is 3.94. The van der Waals surface area contributed by atoms with Crippen LogP contribution in [-0.4, -0.2) is 37.2 Å². The minimum Gasteiger partial charge on any atom is -0.377 e. The molecular formula is C17H28N2O. The molecule has 1 atom stereocenters. The molecule has 1 heterocycles. The predicted octanol–water partition coefficient (Wildman–Crippen LogP) is 2.80. The van der Waals surface area contributed by atoms with Crippen LogP contribution >= 0.6 is 0 Å². The van der Waals surface area contributed by atoms with Gasteiger partial charge in [0.05, 0.1) is 6.10 Å². The Morgan fingerprint density at radius 3 is 2.80 bits per heavy atom. The highest BCUT2D eigenvalue weighted by atomic mass is 16.5. The van der Waals surface area contributed by atoms with Crippen molar-refractivity contribution < 1.29 is 4.74 Å². The summed E-state index contributed by atoms with van der Waals surface area (Å²) in [6.45, 7) is 10.4.